The standard InChI is InChI=1S/C24H18Br2N2O3/c1-30-18-9-4-14(5-10-18)20-13-21-19-12-17(26)8-11-22(19)31-24(28(21)27-20)23(29)15-2-6-16(25)7-3-15/h2-12,21,24H,13H2,1H3/t21-,24-/m0/s1. The van der Waals surface area contributed by atoms with E-state index in [1.807, 2.05) is 54.6 Å². The lowest BCUT2D eigenvalue weighted by Crippen LogP contribution is -2.45. The van der Waals surface area contributed by atoms with Crippen molar-refractivity contribution in [2.24, 2.45) is 5.10 Å². The quantitative estimate of drug-likeness (QED) is 0.382. The fraction of sp³-hybridized carbons (Fsp3) is 0.167. The smallest absolute Gasteiger partial charge is 0.251 e. The zero-order valence-electron chi connectivity index (χ0n) is 16.6. The van der Waals surface area contributed by atoms with Crippen LogP contribution in [0.3, 0.4) is 0 Å². The molecule has 0 N–H and O–H groups in total. The number of methoxy groups -OCH3 is 1. The van der Waals surface area contributed by atoms with Crippen LogP contribution in [0.2, 0.25) is 0 Å². The normalized spacial score (nSPS) is 19.2. The summed E-state index contributed by atoms with van der Waals surface area (Å²) in [5.41, 5.74) is 3.52. The second-order valence-corrected chi connectivity index (χ2v) is 9.23. The van der Waals surface area contributed by atoms with E-state index in [2.05, 4.69) is 31.9 Å². The summed E-state index contributed by atoms with van der Waals surface area (Å²) >= 11 is 6.97. The molecule has 0 saturated heterocycles. The molecule has 2 aliphatic rings. The van der Waals surface area contributed by atoms with Crippen LogP contribution < -0.4 is 9.47 Å². The molecule has 2 atom stereocenters. The third-order valence-corrected chi connectivity index (χ3v) is 6.55. The van der Waals surface area contributed by atoms with E-state index in [-0.39, 0.29) is 11.8 Å². The highest BCUT2D eigenvalue weighted by Gasteiger charge is 2.43. The molecular weight excluding hydrogens is 524 g/mol. The number of carbonyl (C=O) groups excluding carboxylic acids is 1. The zero-order valence-corrected chi connectivity index (χ0v) is 19.8. The largest absolute Gasteiger partial charge is 0.497 e. The Hall–Kier alpha value is -2.64. The number of rotatable bonds is 4. The van der Waals surface area contributed by atoms with Crippen LogP contribution in [0.25, 0.3) is 0 Å². The number of Topliss-reactive ketones (excluding diaryl/α,β-unsaturated/α-hetero) is 1. The molecule has 156 valence electrons. The second-order valence-electron chi connectivity index (χ2n) is 7.40. The SMILES string of the molecule is COc1ccc(C2=NN3[C@H](C(=O)c4ccc(Br)cc4)Oc4ccc(Br)cc4[C@@H]3C2)cc1. The van der Waals surface area contributed by atoms with Crippen LogP contribution in [0.15, 0.2) is 80.8 Å². The first-order chi connectivity index (χ1) is 15.0. The van der Waals surface area contributed by atoms with Crippen molar-refractivity contribution < 1.29 is 14.3 Å². The van der Waals surface area contributed by atoms with Gasteiger partial charge in [0.1, 0.15) is 11.5 Å². The van der Waals surface area contributed by atoms with Crippen LogP contribution in [-0.2, 0) is 0 Å². The summed E-state index contributed by atoms with van der Waals surface area (Å²) in [6.07, 6.45) is -0.140. The molecule has 0 aliphatic carbocycles. The summed E-state index contributed by atoms with van der Waals surface area (Å²) in [4.78, 5) is 13.4. The Bertz CT molecular complexity index is 1180. The Morgan fingerprint density at radius 1 is 1.03 bits per heavy atom. The third kappa shape index (κ3) is 3.77. The molecule has 0 saturated carbocycles. The van der Waals surface area contributed by atoms with Crippen LogP contribution >= 0.6 is 31.9 Å². The minimum Gasteiger partial charge on any atom is -0.497 e. The Morgan fingerprint density at radius 3 is 2.45 bits per heavy atom. The Labute approximate surface area is 196 Å². The Kier molecular flexibility index (Phi) is 5.32. The molecule has 0 amide bonds. The number of ketones is 1. The molecule has 0 spiro atoms. The monoisotopic (exact) mass is 540 g/mol. The predicted octanol–water partition coefficient (Wildman–Crippen LogP) is 5.97. The van der Waals surface area contributed by atoms with Gasteiger partial charge in [0.15, 0.2) is 0 Å². The average Bonchev–Trinajstić information content (AvgIpc) is 3.24. The number of fused-ring (bicyclic) bond motifs is 3. The van der Waals surface area contributed by atoms with Crippen molar-refractivity contribution in [1.82, 2.24) is 5.01 Å². The van der Waals surface area contributed by atoms with Gasteiger partial charge >= 0.3 is 0 Å². The van der Waals surface area contributed by atoms with E-state index in [1.54, 1.807) is 24.3 Å². The molecule has 3 aromatic rings. The zero-order chi connectivity index (χ0) is 21.5. The van der Waals surface area contributed by atoms with Crippen LogP contribution in [0, 0.1) is 0 Å². The minimum atomic E-state index is -0.824. The van der Waals surface area contributed by atoms with E-state index in [1.165, 1.54) is 0 Å². The van der Waals surface area contributed by atoms with Gasteiger partial charge in [0.05, 0.1) is 18.9 Å². The summed E-state index contributed by atoms with van der Waals surface area (Å²) in [5, 5.41) is 6.65. The van der Waals surface area contributed by atoms with Crippen molar-refractivity contribution in [2.75, 3.05) is 7.11 Å². The lowest BCUT2D eigenvalue weighted by molar-refractivity contribution is -0.00459. The molecule has 0 fully saturated rings. The van der Waals surface area contributed by atoms with Crippen molar-refractivity contribution in [3.63, 3.8) is 0 Å². The molecule has 3 aromatic carbocycles. The average molecular weight is 542 g/mol. The lowest BCUT2D eigenvalue weighted by atomic mass is 9.96. The fourth-order valence-corrected chi connectivity index (χ4v) is 4.59. The minimum absolute atomic E-state index is 0.0808. The van der Waals surface area contributed by atoms with Gasteiger partial charge in [-0.05, 0) is 60.2 Å². The number of nitrogens with zero attached hydrogens (tertiary/aromatic N) is 2. The number of halogens is 2. The molecule has 0 bridgehead atoms. The summed E-state index contributed by atoms with van der Waals surface area (Å²) in [7, 11) is 1.65. The lowest BCUT2D eigenvalue weighted by Gasteiger charge is -2.37. The van der Waals surface area contributed by atoms with Crippen molar-refractivity contribution in [2.45, 2.75) is 18.7 Å². The molecule has 5 nitrogen and oxygen atoms in total. The molecule has 0 aromatic heterocycles. The van der Waals surface area contributed by atoms with Gasteiger partial charge in [-0.1, -0.05) is 44.0 Å². The molecule has 0 unspecified atom stereocenters. The summed E-state index contributed by atoms with van der Waals surface area (Å²) in [6, 6.07) is 20.9. The number of carbonyl (C=O) groups is 1. The molecule has 31 heavy (non-hydrogen) atoms. The maximum Gasteiger partial charge on any atom is 0.251 e. The van der Waals surface area contributed by atoms with Gasteiger partial charge in [-0.2, -0.15) is 5.10 Å². The van der Waals surface area contributed by atoms with Gasteiger partial charge in [-0.3, -0.25) is 4.79 Å². The van der Waals surface area contributed by atoms with Crippen molar-refractivity contribution in [1.29, 1.82) is 0 Å². The fourth-order valence-electron chi connectivity index (χ4n) is 3.95. The van der Waals surface area contributed by atoms with E-state index in [4.69, 9.17) is 14.6 Å². The van der Waals surface area contributed by atoms with Gasteiger partial charge in [-0.25, -0.2) is 5.01 Å². The summed E-state index contributed by atoms with van der Waals surface area (Å²) in [5.74, 6) is 1.39. The van der Waals surface area contributed by atoms with Gasteiger partial charge in [0, 0.05) is 26.5 Å². The van der Waals surface area contributed by atoms with Crippen molar-refractivity contribution in [3.8, 4) is 11.5 Å². The first kappa shape index (κ1) is 20.3. The summed E-state index contributed by atoms with van der Waals surface area (Å²) < 4.78 is 13.3. The van der Waals surface area contributed by atoms with E-state index in [0.29, 0.717) is 17.7 Å². The van der Waals surface area contributed by atoms with Gasteiger partial charge in [0.25, 0.3) is 6.23 Å². The summed E-state index contributed by atoms with van der Waals surface area (Å²) in [6.45, 7) is 0. The third-order valence-electron chi connectivity index (χ3n) is 5.53. The topological polar surface area (TPSA) is 51.1 Å². The van der Waals surface area contributed by atoms with Crippen LogP contribution in [-0.4, -0.2) is 29.8 Å². The van der Waals surface area contributed by atoms with E-state index < -0.39 is 6.23 Å². The maximum absolute atomic E-state index is 13.4. The Balaban J connectivity index is 1.55. The molecule has 2 heterocycles. The highest BCUT2D eigenvalue weighted by Crippen LogP contribution is 2.44. The van der Waals surface area contributed by atoms with E-state index in [9.17, 15) is 4.79 Å². The van der Waals surface area contributed by atoms with Crippen molar-refractivity contribution in [3.05, 3.63) is 92.4 Å². The second kappa shape index (κ2) is 8.13. The Morgan fingerprint density at radius 2 is 1.74 bits per heavy atom. The van der Waals surface area contributed by atoms with Crippen LogP contribution in [0.5, 0.6) is 11.5 Å². The number of hydrazone groups is 1. The van der Waals surface area contributed by atoms with E-state index in [0.717, 1.165) is 31.5 Å². The van der Waals surface area contributed by atoms with Gasteiger partial charge in [0.2, 0.25) is 5.78 Å². The number of hydrogen-bond acceptors (Lipinski definition) is 5. The highest BCUT2D eigenvalue weighted by atomic mass is 79.9. The number of hydrogen-bond donors (Lipinski definition) is 0. The van der Waals surface area contributed by atoms with E-state index >= 15 is 0 Å². The van der Waals surface area contributed by atoms with Crippen molar-refractivity contribution >= 4 is 43.4 Å². The predicted molar refractivity (Wildman–Crippen MR) is 126 cm³/mol. The van der Waals surface area contributed by atoms with Gasteiger partial charge < -0.3 is 9.47 Å². The first-order valence-electron chi connectivity index (χ1n) is 9.79. The molecule has 2 aliphatic heterocycles. The maximum atomic E-state index is 13.4. The highest BCUT2D eigenvalue weighted by molar-refractivity contribution is 9.10. The number of benzene rings is 3. The van der Waals surface area contributed by atoms with Gasteiger partial charge in [-0.15, -0.1) is 0 Å². The van der Waals surface area contributed by atoms with Crippen LogP contribution in [0.4, 0.5) is 0 Å². The molecule has 0 radical (unpaired) electrons. The molecule has 5 rings (SSSR count). The number of ether oxygens (including phenoxy) is 2. The van der Waals surface area contributed by atoms with Crippen LogP contribution in [0.1, 0.15) is 33.9 Å². The molecular formula is C24H18Br2N2O3. The first-order valence-corrected chi connectivity index (χ1v) is 11.4. The molecule has 7 heteroatoms.